The topological polar surface area (TPSA) is 87.6 Å². The molecule has 0 fully saturated rings. The fourth-order valence-corrected chi connectivity index (χ4v) is 4.01. The van der Waals surface area contributed by atoms with E-state index in [0.717, 1.165) is 49.8 Å². The van der Waals surface area contributed by atoms with Crippen LogP contribution in [-0.2, 0) is 12.5 Å². The molecule has 6 nitrogen and oxygen atoms in total. The van der Waals surface area contributed by atoms with Crippen molar-refractivity contribution in [2.75, 3.05) is 0 Å². The molecule has 0 unspecified atom stereocenters. The fraction of sp³-hybridized carbons (Fsp3) is 0.154. The zero-order chi connectivity index (χ0) is 22.5. The van der Waals surface area contributed by atoms with Crippen LogP contribution in [0.3, 0.4) is 0 Å². The summed E-state index contributed by atoms with van der Waals surface area (Å²) in [6.07, 6.45) is 4.99. The molecule has 0 atom stereocenters. The number of aromatic nitrogens is 4. The molecule has 0 aliphatic carbocycles. The van der Waals surface area contributed by atoms with Gasteiger partial charge in [0.2, 0.25) is 0 Å². The van der Waals surface area contributed by atoms with Crippen molar-refractivity contribution in [3.8, 4) is 34.2 Å². The van der Waals surface area contributed by atoms with Gasteiger partial charge < -0.3 is 5.11 Å². The average Bonchev–Trinajstić information content (AvgIpc) is 3.15. The molecule has 0 amide bonds. The largest absolute Gasteiger partial charge is 0.506 e. The summed E-state index contributed by atoms with van der Waals surface area (Å²) in [7, 11) is 1.91. The second-order valence-electron chi connectivity index (χ2n) is 8.47. The Balaban J connectivity index is 1.73. The number of hydrogen-bond acceptors (Lipinski definition) is 5. The van der Waals surface area contributed by atoms with Crippen molar-refractivity contribution < 1.29 is 5.11 Å². The van der Waals surface area contributed by atoms with Crippen molar-refractivity contribution in [2.24, 2.45) is 7.05 Å². The van der Waals surface area contributed by atoms with Gasteiger partial charge in [-0.05, 0) is 43.2 Å². The molecular formula is C26H21N5O. The minimum absolute atomic E-state index is 0.126. The molecule has 0 bridgehead atoms. The summed E-state index contributed by atoms with van der Waals surface area (Å²) in [5.41, 5.74) is 5.83. The van der Waals surface area contributed by atoms with Crippen molar-refractivity contribution in [1.29, 1.82) is 5.26 Å². The number of fused-ring (bicyclic) bond motifs is 3. The first-order chi connectivity index (χ1) is 15.4. The molecule has 0 aliphatic rings. The maximum atomic E-state index is 9.84. The van der Waals surface area contributed by atoms with Crippen LogP contribution < -0.4 is 0 Å². The quantitative estimate of drug-likeness (QED) is 0.425. The zero-order valence-corrected chi connectivity index (χ0v) is 18.0. The number of rotatable bonds is 3. The molecule has 0 radical (unpaired) electrons. The van der Waals surface area contributed by atoms with Crippen LogP contribution in [0, 0.1) is 11.3 Å². The van der Waals surface area contributed by atoms with E-state index in [1.54, 1.807) is 12.3 Å². The molecule has 32 heavy (non-hydrogen) atoms. The Kier molecular flexibility index (Phi) is 4.42. The van der Waals surface area contributed by atoms with Crippen molar-refractivity contribution >= 4 is 21.8 Å². The number of aromatic hydroxyl groups is 1. The van der Waals surface area contributed by atoms with Crippen LogP contribution in [0.5, 0.6) is 5.75 Å². The predicted molar refractivity (Wildman–Crippen MR) is 125 cm³/mol. The number of aryl methyl sites for hydroxylation is 1. The summed E-state index contributed by atoms with van der Waals surface area (Å²) in [5, 5.41) is 26.1. The average molecular weight is 419 g/mol. The van der Waals surface area contributed by atoms with Crippen LogP contribution in [0.4, 0.5) is 0 Å². The van der Waals surface area contributed by atoms with Crippen LogP contribution in [0.25, 0.3) is 44.2 Å². The molecule has 0 spiro atoms. The maximum absolute atomic E-state index is 9.84. The van der Waals surface area contributed by atoms with Gasteiger partial charge in [-0.1, -0.05) is 30.3 Å². The summed E-state index contributed by atoms with van der Waals surface area (Å²) < 4.78 is 1.84. The van der Waals surface area contributed by atoms with Gasteiger partial charge in [-0.15, -0.1) is 0 Å². The van der Waals surface area contributed by atoms with E-state index in [-0.39, 0.29) is 5.75 Å². The molecule has 156 valence electrons. The zero-order valence-electron chi connectivity index (χ0n) is 18.0. The highest BCUT2D eigenvalue weighted by Crippen LogP contribution is 2.36. The van der Waals surface area contributed by atoms with E-state index in [4.69, 9.17) is 5.10 Å². The van der Waals surface area contributed by atoms with Crippen molar-refractivity contribution in [3.05, 3.63) is 72.7 Å². The van der Waals surface area contributed by atoms with E-state index >= 15 is 0 Å². The number of hydrogen-bond donors (Lipinski definition) is 1. The molecule has 0 saturated carbocycles. The van der Waals surface area contributed by atoms with Gasteiger partial charge in [-0.2, -0.15) is 10.4 Å². The summed E-state index contributed by atoms with van der Waals surface area (Å²) >= 11 is 0. The number of pyridine rings is 2. The molecule has 0 aliphatic heterocycles. The molecule has 3 aromatic heterocycles. The molecule has 6 heteroatoms. The first-order valence-electron chi connectivity index (χ1n) is 10.3. The first kappa shape index (κ1) is 19.7. The lowest BCUT2D eigenvalue weighted by Crippen LogP contribution is -2.13. The molecule has 5 rings (SSSR count). The highest BCUT2D eigenvalue weighted by Gasteiger charge is 2.21. The fourth-order valence-electron chi connectivity index (χ4n) is 4.01. The maximum Gasteiger partial charge on any atom is 0.134 e. The third-order valence-corrected chi connectivity index (χ3v) is 5.90. The van der Waals surface area contributed by atoms with Crippen molar-refractivity contribution in [3.63, 3.8) is 0 Å². The lowest BCUT2D eigenvalue weighted by Gasteiger charge is -2.15. The Morgan fingerprint density at radius 2 is 1.69 bits per heavy atom. The first-order valence-corrected chi connectivity index (χ1v) is 10.3. The monoisotopic (exact) mass is 419 g/mol. The Labute approximate surface area is 185 Å². The minimum atomic E-state index is -0.550. The second-order valence-corrected chi connectivity index (χ2v) is 8.47. The third kappa shape index (κ3) is 3.15. The smallest absolute Gasteiger partial charge is 0.134 e. The molecule has 0 saturated heterocycles. The Hall–Kier alpha value is -4.24. The molecule has 3 heterocycles. The molecule has 5 aromatic rings. The normalized spacial score (nSPS) is 11.7. The number of benzene rings is 2. The van der Waals surface area contributed by atoms with Crippen LogP contribution in [0.1, 0.15) is 19.4 Å². The highest BCUT2D eigenvalue weighted by molar-refractivity contribution is 6.12. The second kappa shape index (κ2) is 7.17. The van der Waals surface area contributed by atoms with E-state index in [1.807, 2.05) is 68.2 Å². The summed E-state index contributed by atoms with van der Waals surface area (Å²) in [5.74, 6) is 0.126. The lowest BCUT2D eigenvalue weighted by atomic mass is 9.86. The Morgan fingerprint density at radius 3 is 2.41 bits per heavy atom. The van der Waals surface area contributed by atoms with Gasteiger partial charge in [-0.3, -0.25) is 14.6 Å². The Morgan fingerprint density at radius 1 is 0.938 bits per heavy atom. The number of nitriles is 1. The van der Waals surface area contributed by atoms with Crippen molar-refractivity contribution in [1.82, 2.24) is 19.7 Å². The van der Waals surface area contributed by atoms with E-state index in [9.17, 15) is 10.4 Å². The van der Waals surface area contributed by atoms with Crippen molar-refractivity contribution in [2.45, 2.75) is 19.3 Å². The third-order valence-electron chi connectivity index (χ3n) is 5.90. The molecule has 2 aromatic carbocycles. The summed E-state index contributed by atoms with van der Waals surface area (Å²) in [6.45, 7) is 3.82. The van der Waals surface area contributed by atoms with E-state index in [1.165, 1.54) is 6.20 Å². The highest BCUT2D eigenvalue weighted by atomic mass is 16.3. The summed E-state index contributed by atoms with van der Waals surface area (Å²) in [6, 6.07) is 18.1. The van der Waals surface area contributed by atoms with Crippen LogP contribution in [-0.4, -0.2) is 24.9 Å². The lowest BCUT2D eigenvalue weighted by molar-refractivity contribution is 0.473. The predicted octanol–water partition coefficient (Wildman–Crippen LogP) is 5.36. The Bertz CT molecular complexity index is 1520. The van der Waals surface area contributed by atoms with Gasteiger partial charge in [-0.25, -0.2) is 0 Å². The van der Waals surface area contributed by atoms with Gasteiger partial charge in [0, 0.05) is 35.1 Å². The molecular weight excluding hydrogens is 398 g/mol. The molecule has 1 N–H and O–H groups in total. The van der Waals surface area contributed by atoms with E-state index in [0.29, 0.717) is 0 Å². The van der Waals surface area contributed by atoms with Crippen LogP contribution in [0.15, 0.2) is 67.1 Å². The minimum Gasteiger partial charge on any atom is -0.506 e. The van der Waals surface area contributed by atoms with Gasteiger partial charge >= 0.3 is 0 Å². The van der Waals surface area contributed by atoms with Gasteiger partial charge in [0.25, 0.3) is 0 Å². The van der Waals surface area contributed by atoms with Gasteiger partial charge in [0.15, 0.2) is 0 Å². The standard InChI is InChI=1S/C26H21N5O/c1-26(2,15-27)19-7-4-16(5-8-19)25-24-21-11-17(18-10-20(32)13-28-12-18)6-9-22(21)29-14-23(24)31(3)30-25/h4-14,32H,1-3H3. The summed E-state index contributed by atoms with van der Waals surface area (Å²) in [4.78, 5) is 8.73. The number of nitrogens with zero attached hydrogens (tertiary/aromatic N) is 5. The SMILES string of the molecule is Cn1nc(-c2ccc(C(C)(C)C#N)cc2)c2c3cc(-c4cncc(O)c4)ccc3ncc21. The van der Waals surface area contributed by atoms with Gasteiger partial charge in [0.05, 0.1) is 34.9 Å². The van der Waals surface area contributed by atoms with Crippen LogP contribution in [0.2, 0.25) is 0 Å². The van der Waals surface area contributed by atoms with Crippen LogP contribution >= 0.6 is 0 Å². The van der Waals surface area contributed by atoms with E-state index in [2.05, 4.69) is 22.1 Å². The van der Waals surface area contributed by atoms with Gasteiger partial charge in [0.1, 0.15) is 11.4 Å². The van der Waals surface area contributed by atoms with E-state index < -0.39 is 5.41 Å².